The van der Waals surface area contributed by atoms with Crippen LogP contribution in [0, 0.1) is 0 Å². The average Bonchev–Trinajstić information content (AvgIpc) is 2.64. The molecule has 1 saturated heterocycles. The molecule has 0 aromatic heterocycles. The Balaban J connectivity index is 1.89. The summed E-state index contributed by atoms with van der Waals surface area (Å²) in [6.07, 6.45) is -1.18. The minimum atomic E-state index is -1.05. The maximum Gasteiger partial charge on any atom is 0.246 e. The van der Waals surface area contributed by atoms with Crippen LogP contribution in [0.2, 0.25) is 0 Å². The number of aliphatic hydroxyl groups excluding tert-OH is 2. The van der Waals surface area contributed by atoms with Crippen molar-refractivity contribution in [2.45, 2.75) is 50.8 Å². The number of anilines is 1. The van der Waals surface area contributed by atoms with Gasteiger partial charge in [-0.15, -0.1) is 0 Å². The smallest absolute Gasteiger partial charge is 0.246 e. The summed E-state index contributed by atoms with van der Waals surface area (Å²) < 4.78 is 16.8. The van der Waals surface area contributed by atoms with Crippen molar-refractivity contribution in [2.24, 2.45) is 0 Å². The van der Waals surface area contributed by atoms with Gasteiger partial charge in [0.05, 0.1) is 12.7 Å². The van der Waals surface area contributed by atoms with Crippen LogP contribution in [0.4, 0.5) is 5.69 Å². The highest BCUT2D eigenvalue weighted by Gasteiger charge is 2.39. The third-order valence-electron chi connectivity index (χ3n) is 4.12. The van der Waals surface area contributed by atoms with Crippen LogP contribution in [0.3, 0.4) is 0 Å². The molecular formula is C18H28N2O6. The van der Waals surface area contributed by atoms with Gasteiger partial charge in [-0.3, -0.25) is 4.79 Å². The summed E-state index contributed by atoms with van der Waals surface area (Å²) in [5.41, 5.74) is 6.26. The van der Waals surface area contributed by atoms with Crippen molar-refractivity contribution >= 4 is 11.6 Å². The Hall–Kier alpha value is -1.87. The first-order chi connectivity index (χ1) is 12.5. The van der Waals surface area contributed by atoms with Crippen molar-refractivity contribution in [3.63, 3.8) is 0 Å². The summed E-state index contributed by atoms with van der Waals surface area (Å²) in [6.45, 7) is 2.08. The number of hydrogen-bond donors (Lipinski definition) is 4. The molecule has 8 nitrogen and oxygen atoms in total. The van der Waals surface area contributed by atoms with Gasteiger partial charge >= 0.3 is 0 Å². The molecule has 8 heteroatoms. The number of rotatable bonds is 9. The molecule has 0 radical (unpaired) electrons. The molecule has 0 aliphatic carbocycles. The van der Waals surface area contributed by atoms with E-state index >= 15 is 0 Å². The zero-order valence-electron chi connectivity index (χ0n) is 15.0. The molecule has 2 rings (SSSR count). The summed E-state index contributed by atoms with van der Waals surface area (Å²) in [5, 5.41) is 22.4. The van der Waals surface area contributed by atoms with Crippen LogP contribution >= 0.6 is 0 Å². The monoisotopic (exact) mass is 368 g/mol. The molecule has 1 unspecified atom stereocenters. The first-order valence-corrected chi connectivity index (χ1v) is 8.88. The molecule has 4 atom stereocenters. The Bertz CT molecular complexity index is 553. The van der Waals surface area contributed by atoms with E-state index in [-0.39, 0.29) is 25.5 Å². The zero-order valence-corrected chi connectivity index (χ0v) is 15.0. The Labute approximate surface area is 153 Å². The summed E-state index contributed by atoms with van der Waals surface area (Å²) in [6, 6.07) is 6.81. The molecule has 1 heterocycles. The Kier molecular flexibility index (Phi) is 8.11. The molecule has 1 aliphatic heterocycles. The van der Waals surface area contributed by atoms with Gasteiger partial charge in [-0.2, -0.15) is 0 Å². The fourth-order valence-corrected chi connectivity index (χ4v) is 2.63. The quantitative estimate of drug-likeness (QED) is 0.368. The lowest BCUT2D eigenvalue weighted by Gasteiger charge is -2.38. The van der Waals surface area contributed by atoms with Gasteiger partial charge in [0.15, 0.2) is 0 Å². The van der Waals surface area contributed by atoms with Gasteiger partial charge in [-0.1, -0.05) is 13.3 Å². The lowest BCUT2D eigenvalue weighted by Crippen LogP contribution is -2.53. The molecule has 1 aliphatic rings. The maximum atomic E-state index is 11.8. The van der Waals surface area contributed by atoms with E-state index in [9.17, 15) is 15.0 Å². The third-order valence-corrected chi connectivity index (χ3v) is 4.12. The molecule has 26 heavy (non-hydrogen) atoms. The number of carbonyl (C=O) groups is 1. The molecular weight excluding hydrogens is 340 g/mol. The summed E-state index contributed by atoms with van der Waals surface area (Å²) in [5.74, 6) is 0.307. The first kappa shape index (κ1) is 20.4. The summed E-state index contributed by atoms with van der Waals surface area (Å²) in [4.78, 5) is 11.8. The number of hydrogen-bond acceptors (Lipinski definition) is 7. The predicted molar refractivity (Wildman–Crippen MR) is 95.5 cm³/mol. The minimum absolute atomic E-state index is 0.168. The maximum absolute atomic E-state index is 11.8. The SMILES string of the molecule is CCCCNC(=O)CO[C@@H]1CC(Oc2ccc(N)cc2)O[C@H](CO)[C@@H]1O. The highest BCUT2D eigenvalue weighted by molar-refractivity contribution is 5.77. The molecule has 146 valence electrons. The highest BCUT2D eigenvalue weighted by Crippen LogP contribution is 2.25. The number of aliphatic hydroxyl groups is 2. The highest BCUT2D eigenvalue weighted by atomic mass is 16.7. The van der Waals surface area contributed by atoms with Crippen LogP contribution in [-0.2, 0) is 14.3 Å². The number of amides is 1. The van der Waals surface area contributed by atoms with E-state index < -0.39 is 24.6 Å². The summed E-state index contributed by atoms with van der Waals surface area (Å²) in [7, 11) is 0. The van der Waals surface area contributed by atoms with Gasteiger partial charge in [-0.05, 0) is 30.7 Å². The Morgan fingerprint density at radius 1 is 1.38 bits per heavy atom. The number of unbranched alkanes of at least 4 members (excludes halogenated alkanes) is 1. The summed E-state index contributed by atoms with van der Waals surface area (Å²) >= 11 is 0. The molecule has 1 fully saturated rings. The van der Waals surface area contributed by atoms with Crippen LogP contribution < -0.4 is 15.8 Å². The fourth-order valence-electron chi connectivity index (χ4n) is 2.63. The van der Waals surface area contributed by atoms with E-state index in [4.69, 9.17) is 19.9 Å². The first-order valence-electron chi connectivity index (χ1n) is 8.88. The van der Waals surface area contributed by atoms with Crippen molar-refractivity contribution in [2.75, 3.05) is 25.5 Å². The van der Waals surface area contributed by atoms with Crippen molar-refractivity contribution < 1.29 is 29.2 Å². The Morgan fingerprint density at radius 2 is 2.12 bits per heavy atom. The molecule has 1 aromatic rings. The number of ether oxygens (including phenoxy) is 3. The van der Waals surface area contributed by atoms with E-state index in [1.165, 1.54) is 0 Å². The predicted octanol–water partition coefficient (Wildman–Crippen LogP) is 0.417. The molecule has 0 spiro atoms. The number of nitrogen functional groups attached to an aromatic ring is 1. The van der Waals surface area contributed by atoms with Crippen LogP contribution in [0.1, 0.15) is 26.2 Å². The van der Waals surface area contributed by atoms with Crippen LogP contribution in [0.5, 0.6) is 5.75 Å². The molecule has 5 N–H and O–H groups in total. The van der Waals surface area contributed by atoms with E-state index in [0.717, 1.165) is 12.8 Å². The largest absolute Gasteiger partial charge is 0.465 e. The molecule has 1 aromatic carbocycles. The molecule has 0 saturated carbocycles. The van der Waals surface area contributed by atoms with Crippen LogP contribution in [-0.4, -0.2) is 60.5 Å². The lowest BCUT2D eigenvalue weighted by atomic mass is 10.0. The third kappa shape index (κ3) is 6.14. The lowest BCUT2D eigenvalue weighted by molar-refractivity contribution is -0.238. The van der Waals surface area contributed by atoms with Crippen molar-refractivity contribution in [3.05, 3.63) is 24.3 Å². The average molecular weight is 368 g/mol. The van der Waals surface area contributed by atoms with Gasteiger partial charge in [0.25, 0.3) is 0 Å². The standard InChI is InChI=1S/C18H28N2O6/c1-2-3-8-20-16(22)11-24-14-9-17(26-15(10-21)18(14)23)25-13-6-4-12(19)5-7-13/h4-7,14-15,17-18,21,23H,2-3,8-11,19H2,1H3,(H,20,22)/t14-,15-,17?,18-/m1/s1. The van der Waals surface area contributed by atoms with Crippen LogP contribution in [0.25, 0.3) is 0 Å². The fraction of sp³-hybridized carbons (Fsp3) is 0.611. The van der Waals surface area contributed by atoms with Gasteiger partial charge in [-0.25, -0.2) is 0 Å². The van der Waals surface area contributed by atoms with Crippen molar-refractivity contribution in [3.8, 4) is 5.75 Å². The van der Waals surface area contributed by atoms with E-state index in [1.807, 2.05) is 6.92 Å². The van der Waals surface area contributed by atoms with Crippen molar-refractivity contribution in [1.29, 1.82) is 0 Å². The van der Waals surface area contributed by atoms with Gasteiger partial charge < -0.3 is 35.5 Å². The van der Waals surface area contributed by atoms with Gasteiger partial charge in [0, 0.05) is 18.7 Å². The normalized spacial score (nSPS) is 25.7. The zero-order chi connectivity index (χ0) is 18.9. The topological polar surface area (TPSA) is 123 Å². The number of benzene rings is 1. The van der Waals surface area contributed by atoms with E-state index in [0.29, 0.717) is 18.0 Å². The van der Waals surface area contributed by atoms with Crippen molar-refractivity contribution in [1.82, 2.24) is 5.32 Å². The van der Waals surface area contributed by atoms with E-state index in [2.05, 4.69) is 5.32 Å². The Morgan fingerprint density at radius 3 is 2.77 bits per heavy atom. The van der Waals surface area contributed by atoms with E-state index in [1.54, 1.807) is 24.3 Å². The minimum Gasteiger partial charge on any atom is -0.465 e. The number of carbonyl (C=O) groups excluding carboxylic acids is 1. The second-order valence-corrected chi connectivity index (χ2v) is 6.25. The molecule has 0 bridgehead atoms. The van der Waals surface area contributed by atoms with Gasteiger partial charge in [0.1, 0.15) is 24.6 Å². The van der Waals surface area contributed by atoms with Gasteiger partial charge in [0.2, 0.25) is 12.2 Å². The van der Waals surface area contributed by atoms with Crippen LogP contribution in [0.15, 0.2) is 24.3 Å². The number of nitrogens with one attached hydrogen (secondary N) is 1. The number of nitrogens with two attached hydrogens (primary N) is 1. The second kappa shape index (κ2) is 10.3. The second-order valence-electron chi connectivity index (χ2n) is 6.25. The molecule has 1 amide bonds.